The first-order valence-corrected chi connectivity index (χ1v) is 10.6. The predicted molar refractivity (Wildman–Crippen MR) is 123 cm³/mol. The minimum atomic E-state index is -0.174. The molecule has 6 heteroatoms. The summed E-state index contributed by atoms with van der Waals surface area (Å²) in [5, 5.41) is 8.20. The van der Waals surface area contributed by atoms with Gasteiger partial charge < -0.3 is 15.5 Å². The van der Waals surface area contributed by atoms with Gasteiger partial charge in [-0.25, -0.2) is 4.98 Å². The van der Waals surface area contributed by atoms with Crippen LogP contribution >= 0.6 is 11.6 Å². The Morgan fingerprint density at radius 3 is 2.80 bits per heavy atom. The molecule has 3 aromatic rings. The molecule has 2 saturated heterocycles. The van der Waals surface area contributed by atoms with Gasteiger partial charge in [0.05, 0.1) is 5.52 Å². The van der Waals surface area contributed by atoms with Crippen LogP contribution in [0, 0.1) is 6.92 Å². The first-order valence-electron chi connectivity index (χ1n) is 10.2. The Labute approximate surface area is 180 Å². The molecule has 0 saturated carbocycles. The number of pyridine rings is 1. The van der Waals surface area contributed by atoms with Crippen molar-refractivity contribution in [3.05, 3.63) is 70.8 Å². The van der Waals surface area contributed by atoms with E-state index in [4.69, 9.17) is 16.6 Å². The van der Waals surface area contributed by atoms with Gasteiger partial charge in [0.25, 0.3) is 0 Å². The summed E-state index contributed by atoms with van der Waals surface area (Å²) in [6, 6.07) is 16.5. The molecule has 3 heterocycles. The zero-order valence-electron chi connectivity index (χ0n) is 16.7. The van der Waals surface area contributed by atoms with Crippen molar-refractivity contribution in [3.63, 3.8) is 0 Å². The van der Waals surface area contributed by atoms with E-state index in [1.54, 1.807) is 18.2 Å². The number of aryl methyl sites for hydroxylation is 1. The molecule has 2 aliphatic rings. The largest absolute Gasteiger partial charge is 0.351 e. The molecule has 0 radical (unpaired) electrons. The van der Waals surface area contributed by atoms with Crippen molar-refractivity contribution < 1.29 is 4.79 Å². The molecule has 2 aliphatic heterocycles. The second-order valence-corrected chi connectivity index (χ2v) is 8.49. The topological polar surface area (TPSA) is 57.3 Å². The molecule has 1 aromatic heterocycles. The number of benzene rings is 2. The number of halogens is 1. The Hall–Kier alpha value is -2.89. The maximum Gasteiger partial charge on any atom is 0.248 e. The molecular weight excluding hydrogens is 396 g/mol. The quantitative estimate of drug-likeness (QED) is 0.616. The van der Waals surface area contributed by atoms with Crippen molar-refractivity contribution in [2.45, 2.75) is 25.4 Å². The van der Waals surface area contributed by atoms with E-state index in [1.807, 2.05) is 30.3 Å². The third-order valence-electron chi connectivity index (χ3n) is 5.92. The summed E-state index contributed by atoms with van der Waals surface area (Å²) in [5.74, 6) is 0.879. The minimum absolute atomic E-state index is 0.174. The average molecular weight is 419 g/mol. The molecule has 2 fully saturated rings. The highest BCUT2D eigenvalue weighted by atomic mass is 35.5. The molecule has 152 valence electrons. The molecular formula is C24H23ClN4O. The molecule has 0 aliphatic carbocycles. The standard InChI is InChI=1S/C24H23ClN4O/c1-15-10-23(29-14-19-11-20(29)13-26-19)28-22-8-7-18(12-21(15)22)27-24(30)9-4-16-2-5-17(25)6-3-16/h2-10,12,19-20,26H,11,13-14H2,1H3,(H,27,30)/b9-4-. The van der Waals surface area contributed by atoms with Crippen molar-refractivity contribution in [3.8, 4) is 0 Å². The monoisotopic (exact) mass is 418 g/mol. The van der Waals surface area contributed by atoms with E-state index in [-0.39, 0.29) is 5.91 Å². The maximum absolute atomic E-state index is 12.3. The first kappa shape index (κ1) is 19.1. The summed E-state index contributed by atoms with van der Waals surface area (Å²) in [6.07, 6.45) is 4.50. The number of anilines is 2. The summed E-state index contributed by atoms with van der Waals surface area (Å²) in [7, 11) is 0. The van der Waals surface area contributed by atoms with Gasteiger partial charge in [-0.15, -0.1) is 0 Å². The number of carbonyl (C=O) groups excluding carboxylic acids is 1. The highest BCUT2D eigenvalue weighted by Crippen LogP contribution is 2.31. The lowest BCUT2D eigenvalue weighted by Crippen LogP contribution is -2.44. The van der Waals surface area contributed by atoms with Crippen molar-refractivity contribution in [2.75, 3.05) is 23.3 Å². The van der Waals surface area contributed by atoms with Gasteiger partial charge in [0.15, 0.2) is 0 Å². The van der Waals surface area contributed by atoms with E-state index in [1.165, 1.54) is 18.1 Å². The second kappa shape index (κ2) is 7.74. The van der Waals surface area contributed by atoms with Crippen molar-refractivity contribution in [1.29, 1.82) is 0 Å². The summed E-state index contributed by atoms with van der Waals surface area (Å²) < 4.78 is 0. The number of carbonyl (C=O) groups is 1. The Morgan fingerprint density at radius 2 is 2.07 bits per heavy atom. The number of amides is 1. The summed E-state index contributed by atoms with van der Waals surface area (Å²) in [6.45, 7) is 4.17. The number of aromatic nitrogens is 1. The Kier molecular flexibility index (Phi) is 4.93. The highest BCUT2D eigenvalue weighted by molar-refractivity contribution is 6.30. The van der Waals surface area contributed by atoms with E-state index in [2.05, 4.69) is 28.5 Å². The van der Waals surface area contributed by atoms with Crippen LogP contribution in [0.25, 0.3) is 17.0 Å². The van der Waals surface area contributed by atoms with Crippen LogP contribution in [0.15, 0.2) is 54.6 Å². The van der Waals surface area contributed by atoms with Crippen LogP contribution in [-0.2, 0) is 4.79 Å². The van der Waals surface area contributed by atoms with Crippen LogP contribution in [0.1, 0.15) is 17.5 Å². The van der Waals surface area contributed by atoms with Crippen LogP contribution in [0.3, 0.4) is 0 Å². The van der Waals surface area contributed by atoms with E-state index in [0.717, 1.165) is 41.1 Å². The highest BCUT2D eigenvalue weighted by Gasteiger charge is 2.38. The third-order valence-corrected chi connectivity index (χ3v) is 6.17. The van der Waals surface area contributed by atoms with Gasteiger partial charge in [0.2, 0.25) is 5.91 Å². The lowest BCUT2D eigenvalue weighted by Gasteiger charge is -2.29. The Morgan fingerprint density at radius 1 is 1.23 bits per heavy atom. The van der Waals surface area contributed by atoms with E-state index < -0.39 is 0 Å². The number of piperazine rings is 1. The number of rotatable bonds is 4. The molecule has 2 unspecified atom stereocenters. The number of hydrogen-bond donors (Lipinski definition) is 2. The summed E-state index contributed by atoms with van der Waals surface area (Å²) in [4.78, 5) is 19.6. The van der Waals surface area contributed by atoms with Crippen LogP contribution in [0.5, 0.6) is 0 Å². The zero-order valence-corrected chi connectivity index (χ0v) is 17.5. The lowest BCUT2D eigenvalue weighted by molar-refractivity contribution is -0.111. The van der Waals surface area contributed by atoms with E-state index in [9.17, 15) is 4.79 Å². The smallest absolute Gasteiger partial charge is 0.248 e. The van der Waals surface area contributed by atoms with Crippen molar-refractivity contribution in [2.24, 2.45) is 0 Å². The van der Waals surface area contributed by atoms with Gasteiger partial charge in [-0.3, -0.25) is 4.79 Å². The van der Waals surface area contributed by atoms with Gasteiger partial charge in [-0.1, -0.05) is 23.7 Å². The summed E-state index contributed by atoms with van der Waals surface area (Å²) in [5.41, 5.74) is 3.80. The molecule has 5 rings (SSSR count). The van der Waals surface area contributed by atoms with Gasteiger partial charge in [0, 0.05) is 47.3 Å². The number of nitrogens with zero attached hydrogens (tertiary/aromatic N) is 2. The fourth-order valence-electron chi connectivity index (χ4n) is 4.37. The van der Waals surface area contributed by atoms with Gasteiger partial charge in [-0.2, -0.15) is 0 Å². The predicted octanol–water partition coefficient (Wildman–Crippen LogP) is 4.40. The van der Waals surface area contributed by atoms with Gasteiger partial charge >= 0.3 is 0 Å². The molecule has 2 atom stereocenters. The maximum atomic E-state index is 12.3. The second-order valence-electron chi connectivity index (χ2n) is 8.05. The van der Waals surface area contributed by atoms with Crippen molar-refractivity contribution in [1.82, 2.24) is 10.3 Å². The number of nitrogens with one attached hydrogen (secondary N) is 2. The molecule has 5 nitrogen and oxygen atoms in total. The van der Waals surface area contributed by atoms with Crippen molar-refractivity contribution >= 4 is 46.0 Å². The zero-order chi connectivity index (χ0) is 20.7. The minimum Gasteiger partial charge on any atom is -0.351 e. The molecule has 0 spiro atoms. The fourth-order valence-corrected chi connectivity index (χ4v) is 4.50. The average Bonchev–Trinajstić information content (AvgIpc) is 3.37. The Bertz CT molecular complexity index is 1140. The van der Waals surface area contributed by atoms with Crippen LogP contribution in [-0.4, -0.2) is 36.1 Å². The summed E-state index contributed by atoms with van der Waals surface area (Å²) >= 11 is 5.89. The fraction of sp³-hybridized carbons (Fsp3) is 0.250. The van der Waals surface area contributed by atoms with Crippen LogP contribution in [0.4, 0.5) is 11.5 Å². The first-order chi connectivity index (χ1) is 14.5. The SMILES string of the molecule is Cc1cc(N2CC3CC2CN3)nc2ccc(NC(=O)/C=C\c3ccc(Cl)cc3)cc12. The van der Waals surface area contributed by atoms with Crippen LogP contribution in [0.2, 0.25) is 5.02 Å². The van der Waals surface area contributed by atoms with E-state index >= 15 is 0 Å². The molecule has 1 amide bonds. The van der Waals surface area contributed by atoms with E-state index in [0.29, 0.717) is 17.1 Å². The Balaban J connectivity index is 1.33. The molecule has 2 bridgehead atoms. The lowest BCUT2D eigenvalue weighted by atomic mass is 10.1. The normalized spacial score (nSPS) is 20.4. The van der Waals surface area contributed by atoms with Gasteiger partial charge in [0.1, 0.15) is 5.82 Å². The number of hydrogen-bond acceptors (Lipinski definition) is 4. The van der Waals surface area contributed by atoms with Crippen LogP contribution < -0.4 is 15.5 Å². The number of fused-ring (bicyclic) bond motifs is 3. The van der Waals surface area contributed by atoms with Gasteiger partial charge in [-0.05, 0) is 66.9 Å². The third kappa shape index (κ3) is 3.78. The molecule has 30 heavy (non-hydrogen) atoms. The molecule has 2 N–H and O–H groups in total. The molecule has 2 aromatic carbocycles.